The molecule has 0 radical (unpaired) electrons. The SMILES string of the molecule is COc1cnc(N2C=NC(C)N2)c2[nH]cc(C(=O)C(=O)N3CCc4c(cccc4-c4ccccc4)C3)c12. The summed E-state index contributed by atoms with van der Waals surface area (Å²) in [6.07, 6.45) is 5.33. The molecule has 2 aliphatic heterocycles. The van der Waals surface area contributed by atoms with Gasteiger partial charge in [-0.15, -0.1) is 0 Å². The van der Waals surface area contributed by atoms with Gasteiger partial charge < -0.3 is 14.6 Å². The monoisotopic (exact) mass is 494 g/mol. The molecule has 9 heteroatoms. The molecule has 1 unspecified atom stereocenters. The van der Waals surface area contributed by atoms with E-state index >= 15 is 0 Å². The number of benzene rings is 2. The zero-order valence-electron chi connectivity index (χ0n) is 20.6. The molecular weight excluding hydrogens is 468 g/mol. The van der Waals surface area contributed by atoms with Crippen molar-refractivity contribution in [3.8, 4) is 16.9 Å². The van der Waals surface area contributed by atoms with Crippen molar-refractivity contribution in [1.29, 1.82) is 0 Å². The Morgan fingerprint density at radius 2 is 1.95 bits per heavy atom. The number of Topliss-reactive ketones (excluding diaryl/α,β-unsaturated/α-hetero) is 1. The highest BCUT2D eigenvalue weighted by atomic mass is 16.5. The first-order valence-corrected chi connectivity index (χ1v) is 12.2. The number of carbonyl (C=O) groups excluding carboxylic acids is 2. The molecule has 2 aliphatic rings. The summed E-state index contributed by atoms with van der Waals surface area (Å²) in [7, 11) is 1.52. The second kappa shape index (κ2) is 9.18. The van der Waals surface area contributed by atoms with Crippen LogP contribution in [0.25, 0.3) is 22.0 Å². The average molecular weight is 495 g/mol. The molecule has 2 aromatic carbocycles. The molecule has 0 bridgehead atoms. The van der Waals surface area contributed by atoms with Gasteiger partial charge in [0, 0.05) is 19.3 Å². The number of ketones is 1. The summed E-state index contributed by atoms with van der Waals surface area (Å²) in [6.45, 7) is 2.78. The lowest BCUT2D eigenvalue weighted by Crippen LogP contribution is -2.40. The van der Waals surface area contributed by atoms with Crippen molar-refractivity contribution < 1.29 is 14.3 Å². The number of pyridine rings is 1. The highest BCUT2D eigenvalue weighted by molar-refractivity contribution is 6.45. The molecule has 0 spiro atoms. The average Bonchev–Trinajstić information content (AvgIpc) is 3.58. The largest absolute Gasteiger partial charge is 0.494 e. The van der Waals surface area contributed by atoms with E-state index in [0.29, 0.717) is 42.0 Å². The Kier molecular flexibility index (Phi) is 5.69. The van der Waals surface area contributed by atoms with Crippen molar-refractivity contribution in [3.05, 3.63) is 77.6 Å². The number of hydrogen-bond acceptors (Lipinski definition) is 7. The van der Waals surface area contributed by atoms with Crippen LogP contribution in [-0.2, 0) is 17.8 Å². The van der Waals surface area contributed by atoms with Crippen molar-refractivity contribution in [2.45, 2.75) is 26.1 Å². The lowest BCUT2D eigenvalue weighted by molar-refractivity contribution is -0.127. The number of H-pyrrole nitrogens is 1. The van der Waals surface area contributed by atoms with Gasteiger partial charge >= 0.3 is 0 Å². The molecule has 4 heterocycles. The third-order valence-corrected chi connectivity index (χ3v) is 6.91. The maximum atomic E-state index is 13.5. The van der Waals surface area contributed by atoms with Gasteiger partial charge in [-0.2, -0.15) is 0 Å². The lowest BCUT2D eigenvalue weighted by atomic mass is 9.90. The molecule has 6 rings (SSSR count). The number of nitrogens with one attached hydrogen (secondary N) is 2. The van der Waals surface area contributed by atoms with E-state index < -0.39 is 11.7 Å². The summed E-state index contributed by atoms with van der Waals surface area (Å²) >= 11 is 0. The summed E-state index contributed by atoms with van der Waals surface area (Å²) in [5.41, 5.74) is 8.62. The van der Waals surface area contributed by atoms with E-state index in [1.165, 1.54) is 18.2 Å². The van der Waals surface area contributed by atoms with E-state index in [1.54, 1.807) is 28.6 Å². The van der Waals surface area contributed by atoms with Crippen LogP contribution in [0, 0.1) is 0 Å². The van der Waals surface area contributed by atoms with Crippen molar-refractivity contribution in [3.63, 3.8) is 0 Å². The van der Waals surface area contributed by atoms with Crippen LogP contribution in [0.1, 0.15) is 28.4 Å². The van der Waals surface area contributed by atoms with Crippen LogP contribution in [0.3, 0.4) is 0 Å². The van der Waals surface area contributed by atoms with E-state index in [0.717, 1.165) is 11.1 Å². The summed E-state index contributed by atoms with van der Waals surface area (Å²) in [6, 6.07) is 16.4. The highest BCUT2D eigenvalue weighted by Crippen LogP contribution is 2.35. The molecular formula is C28H26N6O3. The summed E-state index contributed by atoms with van der Waals surface area (Å²) < 4.78 is 5.51. The van der Waals surface area contributed by atoms with Crippen LogP contribution in [-0.4, -0.2) is 52.7 Å². The fraction of sp³-hybridized carbons (Fsp3) is 0.214. The molecule has 1 atom stereocenters. The number of amides is 1. The molecule has 0 saturated heterocycles. The molecule has 37 heavy (non-hydrogen) atoms. The van der Waals surface area contributed by atoms with Crippen molar-refractivity contribution in [1.82, 2.24) is 20.3 Å². The number of aliphatic imine (C=N–C) groups is 1. The number of ether oxygens (including phenoxy) is 1. The molecule has 2 N–H and O–H groups in total. The molecule has 186 valence electrons. The number of hydrazine groups is 1. The molecule has 0 aliphatic carbocycles. The Morgan fingerprint density at radius 1 is 1.11 bits per heavy atom. The molecule has 2 aromatic heterocycles. The number of aromatic nitrogens is 2. The topological polar surface area (TPSA) is 103 Å². The zero-order chi connectivity index (χ0) is 25.5. The predicted molar refractivity (Wildman–Crippen MR) is 142 cm³/mol. The van der Waals surface area contributed by atoms with Gasteiger partial charge in [0.1, 0.15) is 18.3 Å². The number of nitrogens with zero attached hydrogens (tertiary/aromatic N) is 4. The Morgan fingerprint density at radius 3 is 2.70 bits per heavy atom. The van der Waals surface area contributed by atoms with Crippen LogP contribution in [0.4, 0.5) is 5.82 Å². The Bertz CT molecular complexity index is 1540. The van der Waals surface area contributed by atoms with Crippen LogP contribution < -0.4 is 15.2 Å². The van der Waals surface area contributed by atoms with Crippen molar-refractivity contribution in [2.24, 2.45) is 4.99 Å². The minimum Gasteiger partial charge on any atom is -0.494 e. The zero-order valence-corrected chi connectivity index (χ0v) is 20.6. The highest BCUT2D eigenvalue weighted by Gasteiger charge is 2.31. The van der Waals surface area contributed by atoms with Crippen LogP contribution in [0.15, 0.2) is 65.9 Å². The van der Waals surface area contributed by atoms with Gasteiger partial charge in [0.2, 0.25) is 0 Å². The van der Waals surface area contributed by atoms with Gasteiger partial charge in [-0.1, -0.05) is 48.5 Å². The fourth-order valence-electron chi connectivity index (χ4n) is 5.10. The van der Waals surface area contributed by atoms with Gasteiger partial charge in [0.15, 0.2) is 5.82 Å². The van der Waals surface area contributed by atoms with Gasteiger partial charge in [0.25, 0.3) is 11.7 Å². The number of methoxy groups -OCH3 is 1. The third kappa shape index (κ3) is 3.93. The second-order valence-corrected chi connectivity index (χ2v) is 9.16. The van der Waals surface area contributed by atoms with E-state index in [9.17, 15) is 9.59 Å². The number of rotatable bonds is 5. The molecule has 4 aromatic rings. The molecule has 0 fully saturated rings. The smallest absolute Gasteiger partial charge is 0.295 e. The van der Waals surface area contributed by atoms with Crippen molar-refractivity contribution >= 4 is 34.7 Å². The van der Waals surface area contributed by atoms with Crippen molar-refractivity contribution in [2.75, 3.05) is 18.7 Å². The third-order valence-electron chi connectivity index (χ3n) is 6.91. The van der Waals surface area contributed by atoms with Gasteiger partial charge in [-0.3, -0.25) is 14.6 Å². The number of fused-ring (bicyclic) bond motifs is 2. The maximum absolute atomic E-state index is 13.5. The minimum atomic E-state index is -0.583. The first kappa shape index (κ1) is 22.9. The second-order valence-electron chi connectivity index (χ2n) is 9.16. The van der Waals surface area contributed by atoms with E-state index in [-0.39, 0.29) is 11.7 Å². The number of hydrogen-bond donors (Lipinski definition) is 2. The first-order chi connectivity index (χ1) is 18.0. The standard InChI is InChI=1S/C28H26N6O3/c1-17-31-16-34(32-17)27-25-24(23(37-2)14-30-27)22(13-29-25)26(35)28(36)33-12-11-21-19(15-33)9-6-10-20(21)18-7-4-3-5-8-18/h3-10,13-14,16-17,29,32H,11-12,15H2,1-2H3. The minimum absolute atomic E-state index is 0.0963. The van der Waals surface area contributed by atoms with E-state index in [4.69, 9.17) is 4.74 Å². The number of aromatic amines is 1. The first-order valence-electron chi connectivity index (χ1n) is 12.2. The van der Waals surface area contributed by atoms with Gasteiger partial charge in [-0.25, -0.2) is 15.4 Å². The van der Waals surface area contributed by atoms with Crippen LogP contribution in [0.5, 0.6) is 5.75 Å². The summed E-state index contributed by atoms with van der Waals surface area (Å²) in [5.74, 6) is -0.167. The predicted octanol–water partition coefficient (Wildman–Crippen LogP) is 3.71. The molecule has 1 amide bonds. The Hall–Kier alpha value is -4.50. The summed E-state index contributed by atoms with van der Waals surface area (Å²) in [5, 5.41) is 2.20. The normalized spacial score (nSPS) is 16.8. The Balaban J connectivity index is 1.30. The molecule has 0 saturated carbocycles. The number of carbonyl (C=O) groups is 2. The quantitative estimate of drug-likeness (QED) is 0.324. The van der Waals surface area contributed by atoms with Gasteiger partial charge in [-0.05, 0) is 35.6 Å². The lowest BCUT2D eigenvalue weighted by Gasteiger charge is -2.30. The van der Waals surface area contributed by atoms with Gasteiger partial charge in [0.05, 0.1) is 29.8 Å². The fourth-order valence-corrected chi connectivity index (χ4v) is 5.10. The van der Waals surface area contributed by atoms with E-state index in [1.807, 2.05) is 37.3 Å². The summed E-state index contributed by atoms with van der Waals surface area (Å²) in [4.78, 5) is 40.5. The van der Waals surface area contributed by atoms with Crippen LogP contribution >= 0.6 is 0 Å². The van der Waals surface area contributed by atoms with E-state index in [2.05, 4.69) is 38.6 Å². The maximum Gasteiger partial charge on any atom is 0.295 e. The number of anilines is 1. The van der Waals surface area contributed by atoms with Crippen LogP contribution in [0.2, 0.25) is 0 Å². The Labute approximate surface area is 213 Å². The molecule has 9 nitrogen and oxygen atoms in total.